The topological polar surface area (TPSA) is 46.0 Å². The van der Waals surface area contributed by atoms with Crippen molar-refractivity contribution in [3.63, 3.8) is 0 Å². The van der Waals surface area contributed by atoms with Crippen LogP contribution in [-0.4, -0.2) is 15.1 Å². The van der Waals surface area contributed by atoms with Crippen molar-refractivity contribution in [2.24, 2.45) is 0 Å². The normalized spacial score (nSPS) is 12.7. The van der Waals surface area contributed by atoms with Crippen LogP contribution in [-0.2, 0) is 0 Å². The molecule has 1 unspecified atom stereocenters. The van der Waals surface area contributed by atoms with Crippen molar-refractivity contribution in [3.05, 3.63) is 45.1 Å². The molecule has 0 bridgehead atoms. The minimum Gasteiger partial charge on any atom is -0.382 e. The molecule has 2 rings (SSSR count). The summed E-state index contributed by atoms with van der Waals surface area (Å²) < 4.78 is 0.996. The van der Waals surface area contributed by atoms with Crippen molar-refractivity contribution >= 4 is 27.3 Å². The summed E-state index contributed by atoms with van der Waals surface area (Å²) in [5.41, 5.74) is 1.40. The fraction of sp³-hybridized carbons (Fsp3) is 0.111. The SMILES string of the molecule is OC(c1csc(Br)c1)c1cnccn1. The molecule has 0 aliphatic carbocycles. The molecule has 0 aromatic carbocycles. The van der Waals surface area contributed by atoms with E-state index in [9.17, 15) is 5.11 Å². The number of aromatic nitrogens is 2. The molecule has 0 aliphatic rings. The summed E-state index contributed by atoms with van der Waals surface area (Å²) in [7, 11) is 0. The molecule has 0 saturated heterocycles. The molecule has 0 fully saturated rings. The van der Waals surface area contributed by atoms with Gasteiger partial charge in [0.25, 0.3) is 0 Å². The molecule has 2 aromatic heterocycles. The van der Waals surface area contributed by atoms with Crippen molar-refractivity contribution in [1.29, 1.82) is 0 Å². The van der Waals surface area contributed by atoms with E-state index >= 15 is 0 Å². The van der Waals surface area contributed by atoms with Gasteiger partial charge in [0.05, 0.1) is 15.7 Å². The zero-order valence-corrected chi connectivity index (χ0v) is 9.49. The van der Waals surface area contributed by atoms with E-state index in [0.717, 1.165) is 9.35 Å². The number of aliphatic hydroxyl groups excluding tert-OH is 1. The van der Waals surface area contributed by atoms with E-state index < -0.39 is 6.10 Å². The first-order chi connectivity index (χ1) is 6.77. The largest absolute Gasteiger partial charge is 0.382 e. The quantitative estimate of drug-likeness (QED) is 0.912. The van der Waals surface area contributed by atoms with Crippen molar-refractivity contribution in [1.82, 2.24) is 9.97 Å². The summed E-state index contributed by atoms with van der Waals surface area (Å²) in [6, 6.07) is 1.88. The highest BCUT2D eigenvalue weighted by Crippen LogP contribution is 2.27. The molecule has 0 spiro atoms. The number of halogens is 1. The molecule has 2 aromatic rings. The van der Waals surface area contributed by atoms with Crippen LogP contribution in [0.1, 0.15) is 17.4 Å². The molecular formula is C9H7BrN2OS. The average molecular weight is 271 g/mol. The molecule has 2 heterocycles. The lowest BCUT2D eigenvalue weighted by Gasteiger charge is -2.06. The van der Waals surface area contributed by atoms with Gasteiger partial charge in [-0.15, -0.1) is 11.3 Å². The van der Waals surface area contributed by atoms with Crippen LogP contribution >= 0.6 is 27.3 Å². The number of aliphatic hydroxyl groups is 1. The van der Waals surface area contributed by atoms with Crippen LogP contribution in [0, 0.1) is 0 Å². The van der Waals surface area contributed by atoms with Crippen molar-refractivity contribution in [2.45, 2.75) is 6.10 Å². The number of thiophene rings is 1. The van der Waals surface area contributed by atoms with E-state index in [1.165, 1.54) is 11.3 Å². The Balaban J connectivity index is 2.29. The summed E-state index contributed by atoms with van der Waals surface area (Å²) in [5.74, 6) is 0. The summed E-state index contributed by atoms with van der Waals surface area (Å²) in [5, 5.41) is 11.8. The van der Waals surface area contributed by atoms with Crippen LogP contribution in [0.15, 0.2) is 33.8 Å². The number of hydrogen-bond donors (Lipinski definition) is 1. The van der Waals surface area contributed by atoms with Crippen LogP contribution < -0.4 is 0 Å². The lowest BCUT2D eigenvalue weighted by Crippen LogP contribution is -2.00. The van der Waals surface area contributed by atoms with Gasteiger partial charge in [-0.25, -0.2) is 0 Å². The lowest BCUT2D eigenvalue weighted by molar-refractivity contribution is 0.215. The van der Waals surface area contributed by atoms with Gasteiger partial charge in [-0.3, -0.25) is 9.97 Å². The highest BCUT2D eigenvalue weighted by atomic mass is 79.9. The van der Waals surface area contributed by atoms with Crippen LogP contribution in [0.5, 0.6) is 0 Å². The molecular weight excluding hydrogens is 264 g/mol. The maximum atomic E-state index is 9.89. The van der Waals surface area contributed by atoms with E-state index in [1.54, 1.807) is 18.6 Å². The van der Waals surface area contributed by atoms with Crippen LogP contribution in [0.3, 0.4) is 0 Å². The third-order valence-electron chi connectivity index (χ3n) is 1.77. The minimum atomic E-state index is -0.689. The minimum absolute atomic E-state index is 0.567. The van der Waals surface area contributed by atoms with E-state index in [-0.39, 0.29) is 0 Å². The van der Waals surface area contributed by atoms with Crippen molar-refractivity contribution < 1.29 is 5.11 Å². The smallest absolute Gasteiger partial charge is 0.123 e. The predicted molar refractivity (Wildman–Crippen MR) is 58.1 cm³/mol. The molecule has 14 heavy (non-hydrogen) atoms. The van der Waals surface area contributed by atoms with Crippen molar-refractivity contribution in [3.8, 4) is 0 Å². The first-order valence-corrected chi connectivity index (χ1v) is 5.62. The van der Waals surface area contributed by atoms with Gasteiger partial charge in [0.1, 0.15) is 6.10 Å². The molecule has 0 amide bonds. The summed E-state index contributed by atoms with van der Waals surface area (Å²) in [4.78, 5) is 7.95. The molecule has 0 saturated carbocycles. The Morgan fingerprint density at radius 2 is 2.29 bits per heavy atom. The van der Waals surface area contributed by atoms with Gasteiger partial charge in [-0.2, -0.15) is 0 Å². The van der Waals surface area contributed by atoms with Crippen LogP contribution in [0.25, 0.3) is 0 Å². The Hall–Kier alpha value is -0.780. The maximum absolute atomic E-state index is 9.89. The van der Waals surface area contributed by atoms with E-state index in [4.69, 9.17) is 0 Å². The van der Waals surface area contributed by atoms with Crippen molar-refractivity contribution in [2.75, 3.05) is 0 Å². The summed E-state index contributed by atoms with van der Waals surface area (Å²) in [6.45, 7) is 0. The van der Waals surface area contributed by atoms with Gasteiger partial charge in [-0.1, -0.05) is 0 Å². The number of rotatable bonds is 2. The fourth-order valence-electron chi connectivity index (χ4n) is 1.09. The van der Waals surface area contributed by atoms with Gasteiger partial charge in [0.2, 0.25) is 0 Å². The Bertz CT molecular complexity index is 418. The number of hydrogen-bond acceptors (Lipinski definition) is 4. The maximum Gasteiger partial charge on any atom is 0.123 e. The zero-order chi connectivity index (χ0) is 9.97. The van der Waals surface area contributed by atoms with Gasteiger partial charge < -0.3 is 5.11 Å². The van der Waals surface area contributed by atoms with Gasteiger partial charge >= 0.3 is 0 Å². The lowest BCUT2D eigenvalue weighted by atomic mass is 10.1. The summed E-state index contributed by atoms with van der Waals surface area (Å²) in [6.07, 6.45) is 4.03. The first kappa shape index (κ1) is 9.76. The first-order valence-electron chi connectivity index (χ1n) is 3.95. The molecule has 5 heteroatoms. The molecule has 1 atom stereocenters. The molecule has 0 aliphatic heterocycles. The third-order valence-corrected chi connectivity index (χ3v) is 3.29. The average Bonchev–Trinajstić information content (AvgIpc) is 2.65. The molecule has 0 radical (unpaired) electrons. The third kappa shape index (κ3) is 2.00. The van der Waals surface area contributed by atoms with E-state index in [1.807, 2.05) is 11.4 Å². The second-order valence-corrected chi connectivity index (χ2v) is 5.01. The monoisotopic (exact) mass is 270 g/mol. The van der Waals surface area contributed by atoms with Gasteiger partial charge in [0.15, 0.2) is 0 Å². The Labute approximate surface area is 93.6 Å². The summed E-state index contributed by atoms with van der Waals surface area (Å²) >= 11 is 4.88. The molecule has 1 N–H and O–H groups in total. The predicted octanol–water partition coefficient (Wildman–Crippen LogP) is 2.38. The van der Waals surface area contributed by atoms with Crippen LogP contribution in [0.2, 0.25) is 0 Å². The molecule has 3 nitrogen and oxygen atoms in total. The Morgan fingerprint density at radius 3 is 2.86 bits per heavy atom. The van der Waals surface area contributed by atoms with E-state index in [2.05, 4.69) is 25.9 Å². The Morgan fingerprint density at radius 1 is 1.43 bits per heavy atom. The van der Waals surface area contributed by atoms with Crippen LogP contribution in [0.4, 0.5) is 0 Å². The number of nitrogens with zero attached hydrogens (tertiary/aromatic N) is 2. The second-order valence-electron chi connectivity index (χ2n) is 2.72. The molecule has 72 valence electrons. The van der Waals surface area contributed by atoms with Gasteiger partial charge in [0, 0.05) is 12.4 Å². The van der Waals surface area contributed by atoms with Gasteiger partial charge in [-0.05, 0) is 32.9 Å². The Kier molecular flexibility index (Phi) is 2.90. The fourth-order valence-corrected chi connectivity index (χ4v) is 2.28. The highest BCUT2D eigenvalue weighted by molar-refractivity contribution is 9.11. The highest BCUT2D eigenvalue weighted by Gasteiger charge is 2.12. The standard InChI is InChI=1S/C9H7BrN2OS/c10-8-3-6(5-14-8)9(13)7-4-11-1-2-12-7/h1-5,9,13H. The van der Waals surface area contributed by atoms with E-state index in [0.29, 0.717) is 5.69 Å². The second kappa shape index (κ2) is 4.16. The zero-order valence-electron chi connectivity index (χ0n) is 7.09.